The molecule has 0 saturated heterocycles. The number of para-hydroxylation sites is 1. The first-order valence-electron chi connectivity index (χ1n) is 5.17. The molecule has 2 nitrogen and oxygen atoms in total. The van der Waals surface area contributed by atoms with Gasteiger partial charge in [0.05, 0.1) is 17.3 Å². The highest BCUT2D eigenvalue weighted by atomic mass is 79.9. The van der Waals surface area contributed by atoms with Crippen LogP contribution in [0.25, 0.3) is 0 Å². The van der Waals surface area contributed by atoms with E-state index in [4.69, 9.17) is 16.3 Å². The number of anilines is 1. The highest BCUT2D eigenvalue weighted by Crippen LogP contribution is 2.31. The van der Waals surface area contributed by atoms with E-state index in [2.05, 4.69) is 33.8 Å². The number of hydrogen-bond acceptors (Lipinski definition) is 2. The summed E-state index contributed by atoms with van der Waals surface area (Å²) in [5.74, 6) is 0. The lowest BCUT2D eigenvalue weighted by molar-refractivity contribution is 0.183. The van der Waals surface area contributed by atoms with Crippen LogP contribution in [0.15, 0.2) is 18.2 Å². The maximum absolute atomic E-state index is 6.24. The fourth-order valence-electron chi connectivity index (χ4n) is 1.64. The molecule has 1 aromatic rings. The quantitative estimate of drug-likeness (QED) is 0.769. The third-order valence-electron chi connectivity index (χ3n) is 2.64. The van der Waals surface area contributed by atoms with Gasteiger partial charge in [-0.3, -0.25) is 0 Å². The monoisotopic (exact) mass is 305 g/mol. The Labute approximate surface area is 111 Å². The number of nitrogens with zero attached hydrogens (tertiary/aromatic N) is 1. The van der Waals surface area contributed by atoms with Gasteiger partial charge in [0.15, 0.2) is 0 Å². The number of benzene rings is 1. The second-order valence-corrected chi connectivity index (χ2v) is 4.76. The normalized spacial score (nSPS) is 12.6. The predicted molar refractivity (Wildman–Crippen MR) is 73.8 cm³/mol. The average Bonchev–Trinajstić information content (AvgIpc) is 2.28. The standard InChI is InChI=1S/C12H17BrClNO/c1-9(8-16-3)15(2)12-10(7-13)5-4-6-11(12)14/h4-6,9H,7-8H2,1-3H3. The van der Waals surface area contributed by atoms with Gasteiger partial charge in [-0.05, 0) is 18.6 Å². The Morgan fingerprint density at radius 2 is 2.19 bits per heavy atom. The molecule has 0 aliphatic heterocycles. The van der Waals surface area contributed by atoms with E-state index >= 15 is 0 Å². The second kappa shape index (κ2) is 6.48. The van der Waals surface area contributed by atoms with Crippen molar-refractivity contribution in [3.8, 4) is 0 Å². The summed E-state index contributed by atoms with van der Waals surface area (Å²) in [4.78, 5) is 2.16. The molecule has 0 heterocycles. The van der Waals surface area contributed by atoms with Crippen molar-refractivity contribution in [1.29, 1.82) is 0 Å². The molecule has 0 fully saturated rings. The van der Waals surface area contributed by atoms with Crippen molar-refractivity contribution < 1.29 is 4.74 Å². The Hall–Kier alpha value is -0.250. The van der Waals surface area contributed by atoms with Gasteiger partial charge >= 0.3 is 0 Å². The Balaban J connectivity index is 3.01. The van der Waals surface area contributed by atoms with Crippen molar-refractivity contribution in [1.82, 2.24) is 0 Å². The molecule has 1 aromatic carbocycles. The van der Waals surface area contributed by atoms with Crippen molar-refractivity contribution in [3.63, 3.8) is 0 Å². The summed E-state index contributed by atoms with van der Waals surface area (Å²) in [5.41, 5.74) is 2.27. The number of alkyl halides is 1. The largest absolute Gasteiger partial charge is 0.383 e. The van der Waals surface area contributed by atoms with E-state index in [1.54, 1.807) is 7.11 Å². The van der Waals surface area contributed by atoms with E-state index in [1.807, 2.05) is 19.2 Å². The maximum atomic E-state index is 6.24. The molecule has 0 N–H and O–H groups in total. The lowest BCUT2D eigenvalue weighted by atomic mass is 10.1. The van der Waals surface area contributed by atoms with E-state index in [9.17, 15) is 0 Å². The van der Waals surface area contributed by atoms with Gasteiger partial charge in [-0.15, -0.1) is 0 Å². The number of likely N-dealkylation sites (N-methyl/N-ethyl adjacent to an activating group) is 1. The van der Waals surface area contributed by atoms with E-state index < -0.39 is 0 Å². The number of hydrogen-bond donors (Lipinski definition) is 0. The van der Waals surface area contributed by atoms with E-state index in [0.29, 0.717) is 12.6 Å². The summed E-state index contributed by atoms with van der Waals surface area (Å²) in [7, 11) is 3.75. The van der Waals surface area contributed by atoms with Crippen molar-refractivity contribution in [2.24, 2.45) is 0 Å². The molecule has 0 aliphatic rings. The van der Waals surface area contributed by atoms with Crippen molar-refractivity contribution in [2.45, 2.75) is 18.3 Å². The smallest absolute Gasteiger partial charge is 0.0663 e. The summed E-state index contributed by atoms with van der Waals surface area (Å²) in [6.45, 7) is 2.80. The zero-order valence-corrected chi connectivity index (χ0v) is 12.2. The van der Waals surface area contributed by atoms with Crippen molar-refractivity contribution >= 4 is 33.2 Å². The summed E-state index contributed by atoms with van der Waals surface area (Å²) in [6.07, 6.45) is 0. The molecular formula is C12H17BrClNO. The Morgan fingerprint density at radius 3 is 2.75 bits per heavy atom. The van der Waals surface area contributed by atoms with Crippen LogP contribution >= 0.6 is 27.5 Å². The molecule has 90 valence electrons. The molecule has 0 aliphatic carbocycles. The van der Waals surface area contributed by atoms with Gasteiger partial charge in [0.1, 0.15) is 0 Å². The van der Waals surface area contributed by atoms with Gasteiger partial charge in [0, 0.05) is 25.5 Å². The minimum atomic E-state index is 0.294. The second-order valence-electron chi connectivity index (χ2n) is 3.80. The number of ether oxygens (including phenoxy) is 1. The van der Waals surface area contributed by atoms with Crippen LogP contribution in [0.5, 0.6) is 0 Å². The van der Waals surface area contributed by atoms with Crippen LogP contribution in [-0.2, 0) is 10.1 Å². The third kappa shape index (κ3) is 3.12. The van der Waals surface area contributed by atoms with Crippen LogP contribution in [0.2, 0.25) is 5.02 Å². The van der Waals surface area contributed by atoms with Crippen LogP contribution < -0.4 is 4.90 Å². The molecule has 0 bridgehead atoms. The minimum absolute atomic E-state index is 0.294. The first-order valence-corrected chi connectivity index (χ1v) is 6.66. The molecule has 4 heteroatoms. The first-order chi connectivity index (χ1) is 7.61. The minimum Gasteiger partial charge on any atom is -0.383 e. The topological polar surface area (TPSA) is 12.5 Å². The molecule has 16 heavy (non-hydrogen) atoms. The van der Waals surface area contributed by atoms with Gasteiger partial charge < -0.3 is 9.64 Å². The van der Waals surface area contributed by atoms with Gasteiger partial charge in [0.25, 0.3) is 0 Å². The van der Waals surface area contributed by atoms with Gasteiger partial charge in [0.2, 0.25) is 0 Å². The molecule has 0 radical (unpaired) electrons. The SMILES string of the molecule is COCC(C)N(C)c1c(Cl)cccc1CBr. The summed E-state index contributed by atoms with van der Waals surface area (Å²) in [6, 6.07) is 6.25. The predicted octanol–water partition coefficient (Wildman–Crippen LogP) is 3.71. The lowest BCUT2D eigenvalue weighted by Crippen LogP contribution is -2.33. The molecule has 0 spiro atoms. The van der Waals surface area contributed by atoms with Crippen LogP contribution in [0, 0.1) is 0 Å². The van der Waals surface area contributed by atoms with E-state index in [0.717, 1.165) is 16.0 Å². The molecule has 1 atom stereocenters. The third-order valence-corrected chi connectivity index (χ3v) is 3.55. The van der Waals surface area contributed by atoms with Crippen LogP contribution in [0.3, 0.4) is 0 Å². The molecule has 0 amide bonds. The van der Waals surface area contributed by atoms with Crippen LogP contribution in [-0.4, -0.2) is 26.8 Å². The molecular weight excluding hydrogens is 289 g/mol. The highest BCUT2D eigenvalue weighted by molar-refractivity contribution is 9.08. The molecule has 1 rings (SSSR count). The average molecular weight is 307 g/mol. The lowest BCUT2D eigenvalue weighted by Gasteiger charge is -2.29. The molecule has 0 saturated carbocycles. The van der Waals surface area contributed by atoms with Crippen molar-refractivity contribution in [3.05, 3.63) is 28.8 Å². The summed E-state index contributed by atoms with van der Waals surface area (Å²) < 4.78 is 5.16. The Morgan fingerprint density at radius 1 is 1.50 bits per heavy atom. The Bertz CT molecular complexity index is 346. The zero-order valence-electron chi connectivity index (χ0n) is 9.84. The van der Waals surface area contributed by atoms with Gasteiger partial charge in [-0.25, -0.2) is 0 Å². The number of halogens is 2. The Kier molecular flexibility index (Phi) is 5.59. The van der Waals surface area contributed by atoms with Gasteiger partial charge in [-0.2, -0.15) is 0 Å². The number of rotatable bonds is 5. The number of methoxy groups -OCH3 is 1. The fourth-order valence-corrected chi connectivity index (χ4v) is 2.42. The maximum Gasteiger partial charge on any atom is 0.0663 e. The first kappa shape index (κ1) is 13.8. The van der Waals surface area contributed by atoms with Crippen LogP contribution in [0.1, 0.15) is 12.5 Å². The molecule has 0 aromatic heterocycles. The summed E-state index contributed by atoms with van der Waals surface area (Å²) in [5, 5.41) is 1.58. The van der Waals surface area contributed by atoms with Crippen molar-refractivity contribution in [2.75, 3.05) is 25.7 Å². The van der Waals surface area contributed by atoms with Gasteiger partial charge in [-0.1, -0.05) is 39.7 Å². The van der Waals surface area contributed by atoms with E-state index in [-0.39, 0.29) is 0 Å². The van der Waals surface area contributed by atoms with Crippen LogP contribution in [0.4, 0.5) is 5.69 Å². The fraction of sp³-hybridized carbons (Fsp3) is 0.500. The summed E-state index contributed by atoms with van der Waals surface area (Å²) >= 11 is 9.73. The van der Waals surface area contributed by atoms with E-state index in [1.165, 1.54) is 5.56 Å². The zero-order chi connectivity index (χ0) is 12.1. The highest BCUT2D eigenvalue weighted by Gasteiger charge is 2.15. The molecule has 1 unspecified atom stereocenters.